The van der Waals surface area contributed by atoms with Crippen molar-refractivity contribution < 1.29 is 27.4 Å². The molecule has 0 fully saturated rings. The van der Waals surface area contributed by atoms with Crippen molar-refractivity contribution in [1.29, 1.82) is 0 Å². The van der Waals surface area contributed by atoms with E-state index in [9.17, 15) is 4.79 Å². The third-order valence-corrected chi connectivity index (χ3v) is 1.04. The van der Waals surface area contributed by atoms with E-state index in [1.165, 1.54) is 0 Å². The van der Waals surface area contributed by atoms with E-state index in [2.05, 4.69) is 0 Å². The first kappa shape index (κ1) is 20.7. The molecule has 0 saturated carbocycles. The van der Waals surface area contributed by atoms with Gasteiger partial charge in [-0.15, -0.1) is 0 Å². The predicted octanol–water partition coefficient (Wildman–Crippen LogP) is -0.857. The van der Waals surface area contributed by atoms with Gasteiger partial charge < -0.3 is 10.8 Å². The molecule has 0 aliphatic rings. The second-order valence-electron chi connectivity index (χ2n) is 3.02. The van der Waals surface area contributed by atoms with Crippen molar-refractivity contribution >= 4 is 45.9 Å². The summed E-state index contributed by atoms with van der Waals surface area (Å²) in [5.74, 6) is -0.556. The first-order chi connectivity index (χ1) is 6.04. The summed E-state index contributed by atoms with van der Waals surface area (Å²) in [6.07, 6.45) is 0.551. The van der Waals surface area contributed by atoms with Crippen LogP contribution in [0.5, 0.6) is 0 Å². The van der Waals surface area contributed by atoms with E-state index in [0.29, 0.717) is 12.3 Å². The Kier molecular flexibility index (Phi) is 13.1. The van der Waals surface area contributed by atoms with Gasteiger partial charge in [0.2, 0.25) is 0 Å². The van der Waals surface area contributed by atoms with Gasteiger partial charge in [0.15, 0.2) is 0 Å². The van der Waals surface area contributed by atoms with Crippen LogP contribution in [0.2, 0.25) is 0 Å². The quantitative estimate of drug-likeness (QED) is 0.379. The minimum absolute atomic E-state index is 0. The van der Waals surface area contributed by atoms with Crippen LogP contribution in [0.3, 0.4) is 0 Å². The SMILES string of the molecule is CC(C)C[C@H](N)C(=O)O.O=S(=O)(O)O.[NaH]. The topological polar surface area (TPSA) is 138 Å². The average Bonchev–Trinajstić information content (AvgIpc) is 1.80. The zero-order chi connectivity index (χ0) is 11.9. The molecule has 0 unspecified atom stereocenters. The Morgan fingerprint density at radius 1 is 1.33 bits per heavy atom. The molecule has 0 saturated heterocycles. The van der Waals surface area contributed by atoms with Crippen LogP contribution in [0.1, 0.15) is 20.3 Å². The van der Waals surface area contributed by atoms with Crippen molar-refractivity contribution in [3.63, 3.8) is 0 Å². The minimum atomic E-state index is -4.67. The Morgan fingerprint density at radius 3 is 1.67 bits per heavy atom. The average molecular weight is 253 g/mol. The van der Waals surface area contributed by atoms with Crippen molar-refractivity contribution in [2.45, 2.75) is 26.3 Å². The van der Waals surface area contributed by atoms with Crippen LogP contribution in [0.4, 0.5) is 0 Å². The fourth-order valence-electron chi connectivity index (χ4n) is 0.609. The van der Waals surface area contributed by atoms with Gasteiger partial charge in [0, 0.05) is 0 Å². The van der Waals surface area contributed by atoms with Crippen LogP contribution in [0.15, 0.2) is 0 Å². The summed E-state index contributed by atoms with van der Waals surface area (Å²) in [7, 11) is -4.67. The van der Waals surface area contributed by atoms with E-state index in [1.54, 1.807) is 0 Å². The fraction of sp³-hybridized carbons (Fsp3) is 0.833. The van der Waals surface area contributed by atoms with E-state index >= 15 is 0 Å². The number of nitrogens with two attached hydrogens (primary N) is 1. The Labute approximate surface area is 111 Å². The van der Waals surface area contributed by atoms with Crippen LogP contribution in [-0.2, 0) is 15.2 Å². The van der Waals surface area contributed by atoms with E-state index in [4.69, 9.17) is 28.4 Å². The number of carbonyl (C=O) groups is 1. The van der Waals surface area contributed by atoms with Gasteiger partial charge in [0.05, 0.1) is 0 Å². The van der Waals surface area contributed by atoms with Crippen LogP contribution in [-0.4, -0.2) is 64.2 Å². The molecule has 0 bridgehead atoms. The van der Waals surface area contributed by atoms with Crippen LogP contribution >= 0.6 is 0 Å². The molecule has 0 heterocycles. The summed E-state index contributed by atoms with van der Waals surface area (Å²) in [5.41, 5.74) is 5.22. The van der Waals surface area contributed by atoms with Gasteiger partial charge >= 0.3 is 45.9 Å². The summed E-state index contributed by atoms with van der Waals surface area (Å²) < 4.78 is 31.6. The van der Waals surface area contributed by atoms with Crippen LogP contribution < -0.4 is 5.73 Å². The summed E-state index contributed by atoms with van der Waals surface area (Å²) in [4.78, 5) is 10.1. The molecule has 9 heteroatoms. The number of carboxylic acid groups (broad SMARTS) is 1. The van der Waals surface area contributed by atoms with Crippen molar-refractivity contribution in [3.05, 3.63) is 0 Å². The normalized spacial score (nSPS) is 12.1. The molecule has 5 N–H and O–H groups in total. The summed E-state index contributed by atoms with van der Waals surface area (Å²) >= 11 is 0. The van der Waals surface area contributed by atoms with E-state index in [1.807, 2.05) is 13.8 Å². The second-order valence-corrected chi connectivity index (χ2v) is 3.92. The Morgan fingerprint density at radius 2 is 1.60 bits per heavy atom. The number of hydrogen-bond acceptors (Lipinski definition) is 4. The van der Waals surface area contributed by atoms with Gasteiger partial charge in [-0.1, -0.05) is 13.8 Å². The maximum absolute atomic E-state index is 10.1. The standard InChI is InChI=1S/C6H13NO2.Na.H2O4S.H/c1-4(2)3-5(7)6(8)9;;1-5(2,3)4;/h4-5H,3,7H2,1-2H3,(H,8,9);;(H2,1,2,3,4);/t5-;;;/m0.../s1. The van der Waals surface area contributed by atoms with Gasteiger partial charge in [-0.2, -0.15) is 8.42 Å². The molecule has 0 aromatic carbocycles. The summed E-state index contributed by atoms with van der Waals surface area (Å²) in [6.45, 7) is 3.89. The third kappa shape index (κ3) is 31.4. The van der Waals surface area contributed by atoms with Crippen LogP contribution in [0, 0.1) is 5.92 Å². The Bertz CT molecular complexity index is 257. The molecule has 7 nitrogen and oxygen atoms in total. The molecule has 0 spiro atoms. The van der Waals surface area contributed by atoms with Crippen molar-refractivity contribution in [1.82, 2.24) is 0 Å². The molecule has 0 amide bonds. The molecule has 1 atom stereocenters. The van der Waals surface area contributed by atoms with E-state index in [-0.39, 0.29) is 29.6 Å². The van der Waals surface area contributed by atoms with Gasteiger partial charge in [-0.25, -0.2) is 0 Å². The number of aliphatic carboxylic acids is 1. The predicted molar refractivity (Wildman–Crippen MR) is 56.4 cm³/mol. The molecular weight excluding hydrogens is 237 g/mol. The van der Waals surface area contributed by atoms with E-state index in [0.717, 1.165) is 0 Å². The van der Waals surface area contributed by atoms with Gasteiger partial charge in [0.1, 0.15) is 6.04 Å². The summed E-state index contributed by atoms with van der Waals surface area (Å²) in [5, 5.41) is 8.31. The molecule has 0 rings (SSSR count). The van der Waals surface area contributed by atoms with Crippen LogP contribution in [0.25, 0.3) is 0 Å². The fourth-order valence-corrected chi connectivity index (χ4v) is 0.609. The van der Waals surface area contributed by atoms with E-state index < -0.39 is 22.4 Å². The second kappa shape index (κ2) is 9.52. The van der Waals surface area contributed by atoms with Crippen molar-refractivity contribution in [3.8, 4) is 0 Å². The molecule has 0 aromatic rings. The first-order valence-electron chi connectivity index (χ1n) is 3.72. The zero-order valence-electron chi connectivity index (χ0n) is 7.91. The third-order valence-electron chi connectivity index (χ3n) is 1.04. The molecule has 0 aliphatic carbocycles. The maximum atomic E-state index is 10.1. The number of hydrogen-bond donors (Lipinski definition) is 4. The van der Waals surface area contributed by atoms with Gasteiger partial charge in [-0.05, 0) is 12.3 Å². The number of carboxylic acids is 1. The number of rotatable bonds is 3. The van der Waals surface area contributed by atoms with Gasteiger partial charge in [0.25, 0.3) is 0 Å². The molecule has 88 valence electrons. The molecular formula is C6H16NNaO6S. The molecule has 0 aromatic heterocycles. The first-order valence-corrected chi connectivity index (χ1v) is 5.12. The molecule has 0 aliphatic heterocycles. The van der Waals surface area contributed by atoms with Gasteiger partial charge in [-0.3, -0.25) is 13.9 Å². The molecule has 0 radical (unpaired) electrons. The Balaban J connectivity index is -0.000000208. The Hall–Kier alpha value is 0.300. The zero-order valence-corrected chi connectivity index (χ0v) is 8.73. The van der Waals surface area contributed by atoms with Crippen molar-refractivity contribution in [2.75, 3.05) is 0 Å². The van der Waals surface area contributed by atoms with Crippen molar-refractivity contribution in [2.24, 2.45) is 11.7 Å². The summed E-state index contributed by atoms with van der Waals surface area (Å²) in [6, 6.07) is -0.690. The molecule has 15 heavy (non-hydrogen) atoms. The monoisotopic (exact) mass is 253 g/mol.